The van der Waals surface area contributed by atoms with E-state index < -0.39 is 13.9 Å². The number of fused-ring (bicyclic) bond motifs is 1. The van der Waals surface area contributed by atoms with Gasteiger partial charge in [-0.3, -0.25) is 0 Å². The molecule has 0 aliphatic heterocycles. The fraction of sp³-hybridized carbons (Fsp3) is 0.333. The first-order chi connectivity index (χ1) is 13.4. The summed E-state index contributed by atoms with van der Waals surface area (Å²) in [5.74, 6) is -0.623. The van der Waals surface area contributed by atoms with Crippen LogP contribution >= 0.6 is 0 Å². The van der Waals surface area contributed by atoms with Crippen LogP contribution in [0.2, 0.25) is 25.7 Å². The highest BCUT2D eigenvalue weighted by Gasteiger charge is 2.19. The summed E-state index contributed by atoms with van der Waals surface area (Å²) in [6.07, 6.45) is 1.54. The van der Waals surface area contributed by atoms with E-state index in [4.69, 9.17) is 9.47 Å². The quantitative estimate of drug-likeness (QED) is 0.399. The number of hydrogen-bond donors (Lipinski definition) is 0. The lowest BCUT2D eigenvalue weighted by Crippen LogP contribution is -2.22. The van der Waals surface area contributed by atoms with Crippen molar-refractivity contribution in [2.24, 2.45) is 0 Å². The van der Waals surface area contributed by atoms with Crippen LogP contribution in [0.1, 0.15) is 11.1 Å². The van der Waals surface area contributed by atoms with Gasteiger partial charge in [0.25, 0.3) is 0 Å². The van der Waals surface area contributed by atoms with Crippen LogP contribution in [0, 0.1) is 17.1 Å². The van der Waals surface area contributed by atoms with E-state index in [1.165, 1.54) is 6.07 Å². The second-order valence-electron chi connectivity index (χ2n) is 7.88. The smallest absolute Gasteiger partial charge is 0.175 e. The fourth-order valence-corrected chi connectivity index (χ4v) is 3.57. The summed E-state index contributed by atoms with van der Waals surface area (Å²) in [5, 5.41) is 14.5. The summed E-state index contributed by atoms with van der Waals surface area (Å²) in [6.45, 7) is 7.88. The Bertz CT molecular complexity index is 991. The molecule has 2 aromatic carbocycles. The van der Waals surface area contributed by atoms with E-state index in [1.54, 1.807) is 10.9 Å². The molecule has 3 aromatic rings. The summed E-state index contributed by atoms with van der Waals surface area (Å²) in [7, 11) is -1.19. The van der Waals surface area contributed by atoms with E-state index in [0.717, 1.165) is 11.6 Å². The zero-order valence-electron chi connectivity index (χ0n) is 16.4. The highest BCUT2D eigenvalue weighted by atomic mass is 28.3. The van der Waals surface area contributed by atoms with Gasteiger partial charge < -0.3 is 9.47 Å². The monoisotopic (exact) mass is 397 g/mol. The molecule has 0 spiro atoms. The minimum absolute atomic E-state index is 0.0531. The van der Waals surface area contributed by atoms with Gasteiger partial charge in [-0.1, -0.05) is 50.0 Å². The van der Waals surface area contributed by atoms with E-state index in [1.807, 2.05) is 30.3 Å². The first-order valence-corrected chi connectivity index (χ1v) is 12.9. The zero-order chi connectivity index (χ0) is 20.1. The van der Waals surface area contributed by atoms with Crippen LogP contribution in [0.5, 0.6) is 5.75 Å². The maximum absolute atomic E-state index is 14.6. The van der Waals surface area contributed by atoms with Crippen molar-refractivity contribution in [2.75, 3.05) is 6.61 Å². The van der Waals surface area contributed by atoms with Crippen molar-refractivity contribution in [2.45, 2.75) is 39.0 Å². The van der Waals surface area contributed by atoms with Crippen molar-refractivity contribution in [3.05, 3.63) is 59.5 Å². The Morgan fingerprint density at radius 1 is 1.21 bits per heavy atom. The van der Waals surface area contributed by atoms with Gasteiger partial charge in [-0.25, -0.2) is 9.07 Å². The molecule has 0 aliphatic rings. The van der Waals surface area contributed by atoms with E-state index in [9.17, 15) is 9.65 Å². The largest absolute Gasteiger partial charge is 0.484 e. The van der Waals surface area contributed by atoms with Gasteiger partial charge in [0.05, 0.1) is 11.7 Å². The van der Waals surface area contributed by atoms with E-state index in [2.05, 4.69) is 30.8 Å². The minimum Gasteiger partial charge on any atom is -0.484 e. The van der Waals surface area contributed by atoms with Gasteiger partial charge in [0.1, 0.15) is 25.0 Å². The van der Waals surface area contributed by atoms with Crippen molar-refractivity contribution >= 4 is 19.0 Å². The van der Waals surface area contributed by atoms with Crippen LogP contribution in [0.3, 0.4) is 0 Å². The Morgan fingerprint density at radius 2 is 1.96 bits per heavy atom. The summed E-state index contributed by atoms with van der Waals surface area (Å²) < 4.78 is 27.6. The van der Waals surface area contributed by atoms with Gasteiger partial charge in [-0.05, 0) is 17.7 Å². The molecule has 0 saturated carbocycles. The highest BCUT2D eigenvalue weighted by molar-refractivity contribution is 6.76. The Balaban J connectivity index is 1.84. The molecule has 5 nitrogen and oxygen atoms in total. The van der Waals surface area contributed by atoms with Crippen LogP contribution in [0.4, 0.5) is 4.39 Å². The molecule has 0 saturated heterocycles. The highest BCUT2D eigenvalue weighted by Crippen LogP contribution is 2.31. The van der Waals surface area contributed by atoms with Crippen molar-refractivity contribution in [3.63, 3.8) is 0 Å². The first-order valence-electron chi connectivity index (χ1n) is 9.21. The topological polar surface area (TPSA) is 60.1 Å². The fourth-order valence-electron chi connectivity index (χ4n) is 2.81. The molecule has 0 radical (unpaired) electrons. The number of nitrogens with zero attached hydrogens (tertiary/aromatic N) is 3. The van der Waals surface area contributed by atoms with Crippen LogP contribution in [0.25, 0.3) is 10.9 Å². The van der Waals surface area contributed by atoms with Crippen molar-refractivity contribution in [1.29, 1.82) is 5.26 Å². The molecule has 1 heterocycles. The number of benzene rings is 2. The number of aromatic nitrogens is 2. The summed E-state index contributed by atoms with van der Waals surface area (Å²) in [6, 6.07) is 13.9. The molecule has 0 N–H and O–H groups in total. The average molecular weight is 398 g/mol. The normalized spacial score (nSPS) is 11.5. The molecule has 28 heavy (non-hydrogen) atoms. The molecule has 3 rings (SSSR count). The Hall–Kier alpha value is -2.69. The first kappa shape index (κ1) is 20.1. The Kier molecular flexibility index (Phi) is 6.12. The molecule has 0 fully saturated rings. The molecule has 7 heteroatoms. The Morgan fingerprint density at radius 3 is 2.64 bits per heavy atom. The number of hydrogen-bond acceptors (Lipinski definition) is 4. The third-order valence-electron chi connectivity index (χ3n) is 4.38. The van der Waals surface area contributed by atoms with E-state index >= 15 is 0 Å². The predicted molar refractivity (Wildman–Crippen MR) is 109 cm³/mol. The number of nitriles is 1. The van der Waals surface area contributed by atoms with Crippen LogP contribution in [0.15, 0.2) is 42.6 Å². The number of ether oxygens (including phenoxy) is 2. The molecule has 0 aliphatic carbocycles. The standard InChI is InChI=1S/C21H24FN3O2Si/c1-28(2,3)10-9-26-15-25-20-17(13-24-25)11-19(22)21(18(20)12-23)27-14-16-7-5-4-6-8-16/h4-8,11,13H,9-10,14-15H2,1-3H3. The number of halogens is 1. The molecule has 0 bridgehead atoms. The summed E-state index contributed by atoms with van der Waals surface area (Å²) >= 11 is 0. The van der Waals surface area contributed by atoms with Crippen molar-refractivity contribution < 1.29 is 13.9 Å². The minimum atomic E-state index is -1.19. The van der Waals surface area contributed by atoms with Gasteiger partial charge in [0.2, 0.25) is 0 Å². The van der Waals surface area contributed by atoms with Gasteiger partial charge in [-0.2, -0.15) is 10.4 Å². The van der Waals surface area contributed by atoms with Gasteiger partial charge in [-0.15, -0.1) is 0 Å². The molecule has 0 atom stereocenters. The van der Waals surface area contributed by atoms with E-state index in [0.29, 0.717) is 17.5 Å². The molecular weight excluding hydrogens is 373 g/mol. The second-order valence-corrected chi connectivity index (χ2v) is 13.5. The maximum Gasteiger partial charge on any atom is 0.175 e. The molecular formula is C21H24FN3O2Si. The SMILES string of the molecule is C[Si](C)(C)CCOCn1ncc2cc(F)c(OCc3ccccc3)c(C#N)c21. The van der Waals surface area contributed by atoms with Gasteiger partial charge >= 0.3 is 0 Å². The molecule has 0 amide bonds. The molecule has 146 valence electrons. The predicted octanol–water partition coefficient (Wildman–Crippen LogP) is 4.94. The van der Waals surface area contributed by atoms with Crippen LogP contribution < -0.4 is 4.74 Å². The maximum atomic E-state index is 14.6. The van der Waals surface area contributed by atoms with Gasteiger partial charge in [0, 0.05) is 20.1 Å². The zero-order valence-corrected chi connectivity index (χ0v) is 17.4. The summed E-state index contributed by atoms with van der Waals surface area (Å²) in [5.41, 5.74) is 1.56. The third-order valence-corrected chi connectivity index (χ3v) is 6.08. The van der Waals surface area contributed by atoms with E-state index in [-0.39, 0.29) is 24.7 Å². The van der Waals surface area contributed by atoms with Crippen LogP contribution in [-0.4, -0.2) is 24.5 Å². The Labute approximate surface area is 165 Å². The number of rotatable bonds is 8. The molecule has 0 unspecified atom stereocenters. The van der Waals surface area contributed by atoms with Crippen molar-refractivity contribution in [1.82, 2.24) is 9.78 Å². The lowest BCUT2D eigenvalue weighted by molar-refractivity contribution is 0.0816. The summed E-state index contributed by atoms with van der Waals surface area (Å²) in [4.78, 5) is 0. The van der Waals surface area contributed by atoms with Crippen molar-refractivity contribution in [3.8, 4) is 11.8 Å². The lowest BCUT2D eigenvalue weighted by Gasteiger charge is -2.16. The average Bonchev–Trinajstić information content (AvgIpc) is 3.05. The lowest BCUT2D eigenvalue weighted by atomic mass is 10.1. The molecule has 1 aromatic heterocycles. The second kappa shape index (κ2) is 8.55. The van der Waals surface area contributed by atoms with Crippen LogP contribution in [-0.2, 0) is 18.1 Å². The third kappa shape index (κ3) is 4.77. The van der Waals surface area contributed by atoms with Gasteiger partial charge in [0.15, 0.2) is 11.6 Å².